The van der Waals surface area contributed by atoms with Crippen LogP contribution in [0.4, 0.5) is 0 Å². The van der Waals surface area contributed by atoms with Crippen molar-refractivity contribution in [2.75, 3.05) is 6.54 Å². The second-order valence-electron chi connectivity index (χ2n) is 4.12. The second-order valence-corrected chi connectivity index (χ2v) is 4.12. The van der Waals surface area contributed by atoms with E-state index in [1.54, 1.807) is 0 Å². The van der Waals surface area contributed by atoms with Crippen molar-refractivity contribution < 1.29 is 0 Å². The van der Waals surface area contributed by atoms with E-state index in [1.807, 2.05) is 0 Å². The van der Waals surface area contributed by atoms with E-state index < -0.39 is 0 Å². The van der Waals surface area contributed by atoms with Crippen LogP contribution in [0.15, 0.2) is 0 Å². The van der Waals surface area contributed by atoms with Crippen molar-refractivity contribution in [3.63, 3.8) is 0 Å². The Labute approximate surface area is 81.5 Å². The molecule has 0 atom stereocenters. The van der Waals surface area contributed by atoms with E-state index in [0.717, 1.165) is 0 Å². The molecule has 1 rings (SSSR count). The SMILES string of the molecule is C#CCN(C1CCC1)C(C)(C)C#C. The Morgan fingerprint density at radius 2 is 2.00 bits per heavy atom. The van der Waals surface area contributed by atoms with Gasteiger partial charge in [0, 0.05) is 6.04 Å². The van der Waals surface area contributed by atoms with Crippen LogP contribution in [-0.4, -0.2) is 23.0 Å². The molecular weight excluding hydrogens is 158 g/mol. The molecule has 1 fully saturated rings. The minimum absolute atomic E-state index is 0.197. The zero-order valence-electron chi connectivity index (χ0n) is 8.51. The van der Waals surface area contributed by atoms with Crippen molar-refractivity contribution in [3.05, 3.63) is 0 Å². The van der Waals surface area contributed by atoms with E-state index in [2.05, 4.69) is 30.6 Å². The third kappa shape index (κ3) is 2.06. The molecule has 1 heteroatoms. The molecule has 0 N–H and O–H groups in total. The molecule has 0 heterocycles. The predicted molar refractivity (Wildman–Crippen MR) is 56.1 cm³/mol. The van der Waals surface area contributed by atoms with Crippen LogP contribution < -0.4 is 0 Å². The summed E-state index contributed by atoms with van der Waals surface area (Å²) >= 11 is 0. The van der Waals surface area contributed by atoms with Gasteiger partial charge in [-0.2, -0.15) is 0 Å². The summed E-state index contributed by atoms with van der Waals surface area (Å²) < 4.78 is 0. The molecule has 0 saturated heterocycles. The maximum absolute atomic E-state index is 5.49. The maximum Gasteiger partial charge on any atom is 0.0776 e. The molecule has 0 aliphatic heterocycles. The Balaban J connectivity index is 2.68. The van der Waals surface area contributed by atoms with Crippen LogP contribution >= 0.6 is 0 Å². The van der Waals surface area contributed by atoms with Crippen LogP contribution in [0, 0.1) is 24.7 Å². The van der Waals surface area contributed by atoms with Gasteiger partial charge in [0.1, 0.15) is 0 Å². The number of nitrogens with zero attached hydrogens (tertiary/aromatic N) is 1. The third-order valence-electron chi connectivity index (χ3n) is 2.85. The molecule has 0 aromatic rings. The molecular formula is C12H17N. The maximum atomic E-state index is 5.49. The van der Waals surface area contributed by atoms with Crippen molar-refractivity contribution in [2.24, 2.45) is 0 Å². The Kier molecular flexibility index (Phi) is 3.02. The Hall–Kier alpha value is -0.920. The van der Waals surface area contributed by atoms with Gasteiger partial charge in [-0.05, 0) is 26.7 Å². The van der Waals surface area contributed by atoms with Gasteiger partial charge >= 0.3 is 0 Å². The fourth-order valence-electron chi connectivity index (χ4n) is 1.66. The minimum atomic E-state index is -0.197. The van der Waals surface area contributed by atoms with Gasteiger partial charge in [0.25, 0.3) is 0 Å². The molecule has 70 valence electrons. The van der Waals surface area contributed by atoms with Gasteiger partial charge in [0.05, 0.1) is 12.1 Å². The van der Waals surface area contributed by atoms with Gasteiger partial charge in [-0.15, -0.1) is 12.8 Å². The largest absolute Gasteiger partial charge is 0.273 e. The Bertz CT molecular complexity index is 247. The van der Waals surface area contributed by atoms with Crippen molar-refractivity contribution in [2.45, 2.75) is 44.7 Å². The van der Waals surface area contributed by atoms with Gasteiger partial charge in [0.15, 0.2) is 0 Å². The molecule has 1 aliphatic carbocycles. The smallest absolute Gasteiger partial charge is 0.0776 e. The molecule has 0 unspecified atom stereocenters. The summed E-state index contributed by atoms with van der Waals surface area (Å²) in [5.41, 5.74) is -0.197. The summed E-state index contributed by atoms with van der Waals surface area (Å²) in [5, 5.41) is 0. The number of rotatable bonds is 3. The van der Waals surface area contributed by atoms with E-state index in [4.69, 9.17) is 12.8 Å². The molecule has 13 heavy (non-hydrogen) atoms. The predicted octanol–water partition coefficient (Wildman–Crippen LogP) is 1.89. The Morgan fingerprint density at radius 3 is 2.31 bits per heavy atom. The van der Waals surface area contributed by atoms with E-state index in [1.165, 1.54) is 19.3 Å². The molecule has 0 aromatic heterocycles. The molecule has 1 aliphatic rings. The first-order valence-electron chi connectivity index (χ1n) is 4.80. The highest BCUT2D eigenvalue weighted by molar-refractivity contribution is 5.12. The molecule has 1 saturated carbocycles. The summed E-state index contributed by atoms with van der Waals surface area (Å²) in [5.74, 6) is 5.49. The molecule has 0 aromatic carbocycles. The lowest BCUT2D eigenvalue weighted by Crippen LogP contribution is -2.51. The number of hydrogen-bond donors (Lipinski definition) is 0. The van der Waals surface area contributed by atoms with Crippen LogP contribution in [0.1, 0.15) is 33.1 Å². The first-order chi connectivity index (χ1) is 6.11. The van der Waals surface area contributed by atoms with Crippen molar-refractivity contribution >= 4 is 0 Å². The van der Waals surface area contributed by atoms with Gasteiger partial charge in [-0.25, -0.2) is 0 Å². The highest BCUT2D eigenvalue weighted by atomic mass is 15.2. The number of hydrogen-bond acceptors (Lipinski definition) is 1. The van der Waals surface area contributed by atoms with E-state index in [-0.39, 0.29) is 5.54 Å². The van der Waals surface area contributed by atoms with Crippen LogP contribution in [0.25, 0.3) is 0 Å². The Morgan fingerprint density at radius 1 is 1.38 bits per heavy atom. The lowest BCUT2D eigenvalue weighted by molar-refractivity contribution is 0.0764. The van der Waals surface area contributed by atoms with Gasteiger partial charge in [-0.1, -0.05) is 18.3 Å². The molecule has 0 radical (unpaired) electrons. The van der Waals surface area contributed by atoms with Crippen molar-refractivity contribution in [1.82, 2.24) is 4.90 Å². The standard InChI is InChI=1S/C12H17N/c1-5-10-13(11-8-7-9-11)12(3,4)6-2/h1-2,11H,7-10H2,3-4H3. The average molecular weight is 175 g/mol. The van der Waals surface area contributed by atoms with Crippen LogP contribution in [0.2, 0.25) is 0 Å². The lowest BCUT2D eigenvalue weighted by Gasteiger charge is -2.43. The van der Waals surface area contributed by atoms with Crippen molar-refractivity contribution in [1.29, 1.82) is 0 Å². The van der Waals surface area contributed by atoms with Crippen LogP contribution in [0.5, 0.6) is 0 Å². The quantitative estimate of drug-likeness (QED) is 0.592. The molecule has 0 bridgehead atoms. The average Bonchev–Trinajstić information content (AvgIpc) is 2.00. The third-order valence-corrected chi connectivity index (χ3v) is 2.85. The summed E-state index contributed by atoms with van der Waals surface area (Å²) in [4.78, 5) is 2.26. The molecule has 0 spiro atoms. The van der Waals surface area contributed by atoms with Crippen molar-refractivity contribution in [3.8, 4) is 24.7 Å². The monoisotopic (exact) mass is 175 g/mol. The second kappa shape index (κ2) is 3.86. The summed E-state index contributed by atoms with van der Waals surface area (Å²) in [6.45, 7) is 4.78. The highest BCUT2D eigenvalue weighted by Gasteiger charge is 2.33. The van der Waals surface area contributed by atoms with Gasteiger partial charge in [-0.3, -0.25) is 4.90 Å². The summed E-state index contributed by atoms with van der Waals surface area (Å²) in [6.07, 6.45) is 14.6. The van der Waals surface area contributed by atoms with Crippen LogP contribution in [0.3, 0.4) is 0 Å². The zero-order chi connectivity index (χ0) is 9.90. The van der Waals surface area contributed by atoms with Gasteiger partial charge < -0.3 is 0 Å². The summed E-state index contributed by atoms with van der Waals surface area (Å²) in [7, 11) is 0. The van der Waals surface area contributed by atoms with Gasteiger partial charge in [0.2, 0.25) is 0 Å². The molecule has 0 amide bonds. The minimum Gasteiger partial charge on any atom is -0.273 e. The number of terminal acetylenes is 2. The fourth-order valence-corrected chi connectivity index (χ4v) is 1.66. The van der Waals surface area contributed by atoms with E-state index in [0.29, 0.717) is 12.6 Å². The zero-order valence-corrected chi connectivity index (χ0v) is 8.51. The first kappa shape index (κ1) is 10.2. The normalized spacial score (nSPS) is 17.6. The topological polar surface area (TPSA) is 3.24 Å². The van der Waals surface area contributed by atoms with E-state index >= 15 is 0 Å². The van der Waals surface area contributed by atoms with E-state index in [9.17, 15) is 0 Å². The summed E-state index contributed by atoms with van der Waals surface area (Å²) in [6, 6.07) is 0.613. The first-order valence-corrected chi connectivity index (χ1v) is 4.80. The van der Waals surface area contributed by atoms with Crippen LogP contribution in [-0.2, 0) is 0 Å². The lowest BCUT2D eigenvalue weighted by atomic mass is 9.87. The fraction of sp³-hybridized carbons (Fsp3) is 0.667. The molecule has 1 nitrogen and oxygen atoms in total. The highest BCUT2D eigenvalue weighted by Crippen LogP contribution is 2.29.